The van der Waals surface area contributed by atoms with Gasteiger partial charge in [0.15, 0.2) is 0 Å². The molecular formula is C11H12N4O2. The number of aromatic amines is 1. The van der Waals surface area contributed by atoms with Crippen molar-refractivity contribution >= 4 is 17.3 Å². The van der Waals surface area contributed by atoms with Crippen molar-refractivity contribution in [1.29, 1.82) is 0 Å². The quantitative estimate of drug-likeness (QED) is 0.694. The number of carbonyl (C=O) groups is 1. The summed E-state index contributed by atoms with van der Waals surface area (Å²) >= 11 is 0. The van der Waals surface area contributed by atoms with Crippen LogP contribution in [0.25, 0.3) is 0 Å². The molecule has 0 saturated heterocycles. The Morgan fingerprint density at radius 2 is 2.35 bits per heavy atom. The second-order valence-corrected chi connectivity index (χ2v) is 3.40. The summed E-state index contributed by atoms with van der Waals surface area (Å²) in [6, 6.07) is 4.86. The maximum atomic E-state index is 11.9. The lowest BCUT2D eigenvalue weighted by Crippen LogP contribution is -2.12. The Labute approximate surface area is 97.8 Å². The molecule has 17 heavy (non-hydrogen) atoms. The van der Waals surface area contributed by atoms with Crippen LogP contribution in [0.5, 0.6) is 5.75 Å². The number of aromatic nitrogens is 2. The second-order valence-electron chi connectivity index (χ2n) is 3.40. The third-order valence-corrected chi connectivity index (χ3v) is 2.23. The Bertz CT molecular complexity index is 522. The minimum absolute atomic E-state index is 0.275. The van der Waals surface area contributed by atoms with Gasteiger partial charge in [-0.3, -0.25) is 9.89 Å². The first-order valence-electron chi connectivity index (χ1n) is 4.94. The molecule has 0 aliphatic carbocycles. The van der Waals surface area contributed by atoms with Crippen LogP contribution < -0.4 is 15.8 Å². The summed E-state index contributed by atoms with van der Waals surface area (Å²) < 4.78 is 5.10. The van der Waals surface area contributed by atoms with Crippen LogP contribution in [0.4, 0.5) is 11.4 Å². The van der Waals surface area contributed by atoms with Crippen LogP contribution in [0.1, 0.15) is 10.4 Å². The van der Waals surface area contributed by atoms with Gasteiger partial charge in [-0.1, -0.05) is 0 Å². The van der Waals surface area contributed by atoms with Crippen LogP contribution in [-0.4, -0.2) is 23.2 Å². The monoisotopic (exact) mass is 232 g/mol. The van der Waals surface area contributed by atoms with E-state index in [2.05, 4.69) is 15.5 Å². The second kappa shape index (κ2) is 4.56. The van der Waals surface area contributed by atoms with Crippen molar-refractivity contribution < 1.29 is 9.53 Å². The topological polar surface area (TPSA) is 93.0 Å². The van der Waals surface area contributed by atoms with Gasteiger partial charge in [0, 0.05) is 18.0 Å². The standard InChI is InChI=1S/C11H12N4O2/c1-17-10-4-7(12)2-3-9(10)11(16)15-8-5-13-14-6-8/h2-6H,12H2,1H3,(H,13,14)(H,15,16). The number of methoxy groups -OCH3 is 1. The Balaban J connectivity index is 2.24. The van der Waals surface area contributed by atoms with Gasteiger partial charge in [0.05, 0.1) is 24.6 Å². The number of carbonyl (C=O) groups excluding carboxylic acids is 1. The highest BCUT2D eigenvalue weighted by Crippen LogP contribution is 2.22. The van der Waals surface area contributed by atoms with Gasteiger partial charge in [-0.15, -0.1) is 0 Å². The molecule has 4 N–H and O–H groups in total. The molecule has 0 spiro atoms. The number of nitrogens with one attached hydrogen (secondary N) is 2. The largest absolute Gasteiger partial charge is 0.496 e. The Hall–Kier alpha value is -2.50. The molecule has 0 aliphatic rings. The minimum Gasteiger partial charge on any atom is -0.496 e. The molecule has 0 fully saturated rings. The number of rotatable bonds is 3. The van der Waals surface area contributed by atoms with E-state index < -0.39 is 0 Å². The molecule has 0 atom stereocenters. The Morgan fingerprint density at radius 3 is 3.00 bits per heavy atom. The lowest BCUT2D eigenvalue weighted by Gasteiger charge is -2.08. The molecule has 2 aromatic rings. The third-order valence-electron chi connectivity index (χ3n) is 2.23. The molecule has 2 rings (SSSR count). The van der Waals surface area contributed by atoms with E-state index in [0.717, 1.165) is 0 Å². The van der Waals surface area contributed by atoms with Gasteiger partial charge >= 0.3 is 0 Å². The summed E-state index contributed by atoms with van der Waals surface area (Å²) in [5, 5.41) is 9.02. The molecule has 1 aromatic carbocycles. The zero-order valence-corrected chi connectivity index (χ0v) is 9.23. The van der Waals surface area contributed by atoms with Crippen molar-refractivity contribution in [2.75, 3.05) is 18.2 Å². The van der Waals surface area contributed by atoms with Crippen molar-refractivity contribution in [1.82, 2.24) is 10.2 Å². The molecule has 6 nitrogen and oxygen atoms in total. The molecule has 1 amide bonds. The summed E-state index contributed by atoms with van der Waals surface area (Å²) in [4.78, 5) is 11.9. The first-order chi connectivity index (χ1) is 8.20. The van der Waals surface area contributed by atoms with E-state index in [4.69, 9.17) is 10.5 Å². The number of anilines is 2. The average Bonchev–Trinajstić information content (AvgIpc) is 2.81. The lowest BCUT2D eigenvalue weighted by atomic mass is 10.1. The molecule has 0 saturated carbocycles. The van der Waals surface area contributed by atoms with Crippen LogP contribution in [0, 0.1) is 0 Å². The highest BCUT2D eigenvalue weighted by molar-refractivity contribution is 6.06. The fourth-order valence-corrected chi connectivity index (χ4v) is 1.41. The molecule has 0 radical (unpaired) electrons. The van der Waals surface area contributed by atoms with E-state index in [-0.39, 0.29) is 5.91 Å². The maximum absolute atomic E-state index is 11.9. The van der Waals surface area contributed by atoms with Gasteiger partial charge in [0.25, 0.3) is 5.91 Å². The maximum Gasteiger partial charge on any atom is 0.259 e. The fraction of sp³-hybridized carbons (Fsp3) is 0.0909. The highest BCUT2D eigenvalue weighted by atomic mass is 16.5. The van der Waals surface area contributed by atoms with Crippen LogP contribution in [-0.2, 0) is 0 Å². The summed E-state index contributed by atoms with van der Waals surface area (Å²) in [5.41, 5.74) is 7.17. The van der Waals surface area contributed by atoms with Crippen molar-refractivity contribution in [2.24, 2.45) is 0 Å². The number of nitrogens with two attached hydrogens (primary N) is 1. The number of ether oxygens (including phenoxy) is 1. The predicted octanol–water partition coefficient (Wildman–Crippen LogP) is 1.25. The Morgan fingerprint density at radius 1 is 1.53 bits per heavy atom. The molecule has 0 unspecified atom stereocenters. The van der Waals surface area contributed by atoms with E-state index in [1.54, 1.807) is 24.4 Å². The number of amides is 1. The molecule has 0 aliphatic heterocycles. The van der Waals surface area contributed by atoms with E-state index in [0.29, 0.717) is 22.7 Å². The summed E-state index contributed by atoms with van der Waals surface area (Å²) in [7, 11) is 1.49. The van der Waals surface area contributed by atoms with Crippen LogP contribution in [0.3, 0.4) is 0 Å². The smallest absolute Gasteiger partial charge is 0.259 e. The zero-order valence-electron chi connectivity index (χ0n) is 9.23. The summed E-state index contributed by atoms with van der Waals surface area (Å²) in [6.45, 7) is 0. The van der Waals surface area contributed by atoms with E-state index >= 15 is 0 Å². The predicted molar refractivity (Wildman–Crippen MR) is 63.9 cm³/mol. The van der Waals surface area contributed by atoms with Crippen molar-refractivity contribution in [3.05, 3.63) is 36.2 Å². The molecule has 1 heterocycles. The highest BCUT2D eigenvalue weighted by Gasteiger charge is 2.12. The van der Waals surface area contributed by atoms with Crippen molar-refractivity contribution in [2.45, 2.75) is 0 Å². The van der Waals surface area contributed by atoms with Crippen LogP contribution in [0.2, 0.25) is 0 Å². The Kier molecular flexibility index (Phi) is 2.95. The third kappa shape index (κ3) is 2.36. The van der Waals surface area contributed by atoms with Gasteiger partial charge in [-0.2, -0.15) is 5.10 Å². The molecule has 88 valence electrons. The number of benzene rings is 1. The summed E-state index contributed by atoms with van der Waals surface area (Å²) in [5.74, 6) is 0.161. The number of hydrogen-bond acceptors (Lipinski definition) is 4. The van der Waals surface area contributed by atoms with Crippen LogP contribution in [0.15, 0.2) is 30.6 Å². The lowest BCUT2D eigenvalue weighted by molar-refractivity contribution is 0.102. The SMILES string of the molecule is COc1cc(N)ccc1C(=O)Nc1cn[nH]c1. The van der Waals surface area contributed by atoms with Crippen molar-refractivity contribution in [3.8, 4) is 5.75 Å². The minimum atomic E-state index is -0.275. The van der Waals surface area contributed by atoms with Gasteiger partial charge in [0.1, 0.15) is 5.75 Å². The van der Waals surface area contributed by atoms with Crippen LogP contribution >= 0.6 is 0 Å². The average molecular weight is 232 g/mol. The number of hydrogen-bond donors (Lipinski definition) is 3. The number of nitrogens with zero attached hydrogens (tertiary/aromatic N) is 1. The molecule has 6 heteroatoms. The van der Waals surface area contributed by atoms with Gasteiger partial charge in [-0.05, 0) is 12.1 Å². The van der Waals surface area contributed by atoms with Gasteiger partial charge in [0.2, 0.25) is 0 Å². The first kappa shape index (κ1) is 11.0. The summed E-state index contributed by atoms with van der Waals surface area (Å²) in [6.07, 6.45) is 3.10. The molecular weight excluding hydrogens is 220 g/mol. The first-order valence-corrected chi connectivity index (χ1v) is 4.94. The van der Waals surface area contributed by atoms with Gasteiger partial charge in [-0.25, -0.2) is 0 Å². The molecule has 0 bridgehead atoms. The van der Waals surface area contributed by atoms with E-state index in [1.165, 1.54) is 13.3 Å². The number of H-pyrrole nitrogens is 1. The van der Waals surface area contributed by atoms with E-state index in [9.17, 15) is 4.79 Å². The molecule has 1 aromatic heterocycles. The zero-order chi connectivity index (χ0) is 12.3. The van der Waals surface area contributed by atoms with Gasteiger partial charge < -0.3 is 15.8 Å². The fourth-order valence-electron chi connectivity index (χ4n) is 1.41. The van der Waals surface area contributed by atoms with Crippen molar-refractivity contribution in [3.63, 3.8) is 0 Å². The number of nitrogen functional groups attached to an aromatic ring is 1. The normalized spacial score (nSPS) is 9.94. The van der Waals surface area contributed by atoms with E-state index in [1.807, 2.05) is 0 Å².